The molecule has 0 fully saturated rings. The summed E-state index contributed by atoms with van der Waals surface area (Å²) in [5.41, 5.74) is 0.736. The number of allylic oxidation sites excluding steroid dienone is 4. The van der Waals surface area contributed by atoms with Crippen molar-refractivity contribution in [2.45, 2.75) is 46.5 Å². The zero-order valence-corrected chi connectivity index (χ0v) is 16.4. The van der Waals surface area contributed by atoms with Gasteiger partial charge in [-0.1, -0.05) is 38.7 Å². The fourth-order valence-corrected chi connectivity index (χ4v) is 2.54. The summed E-state index contributed by atoms with van der Waals surface area (Å²) < 4.78 is 11.0. The van der Waals surface area contributed by atoms with Gasteiger partial charge in [-0.25, -0.2) is 4.79 Å². The van der Waals surface area contributed by atoms with E-state index in [9.17, 15) is 15.0 Å². The highest BCUT2D eigenvalue weighted by atomic mass is 16.5. The van der Waals surface area contributed by atoms with Crippen LogP contribution in [-0.4, -0.2) is 42.6 Å². The molecule has 2 N–H and O–H groups in total. The number of aliphatic hydroxyl groups excluding tert-OH is 2. The standard InChI is InChI=1S/C21H34O5/c1-6-9-19(18(8-3)10-13-26-20(24)17(4)5)25-14-12-21(15-22,16-23)11-7-2/h6,8-9,22-23H,1,4,7,10-16H2,2-3,5H3/b18-8-,19-9+. The Morgan fingerprint density at radius 2 is 1.81 bits per heavy atom. The minimum Gasteiger partial charge on any atom is -0.493 e. The summed E-state index contributed by atoms with van der Waals surface area (Å²) >= 11 is 0. The third kappa shape index (κ3) is 8.50. The second-order valence-corrected chi connectivity index (χ2v) is 6.41. The predicted octanol–water partition coefficient (Wildman–Crippen LogP) is 3.69. The first-order valence-electron chi connectivity index (χ1n) is 9.05. The summed E-state index contributed by atoms with van der Waals surface area (Å²) in [6.45, 7) is 13.2. The van der Waals surface area contributed by atoms with E-state index in [4.69, 9.17) is 9.47 Å². The molecule has 0 aliphatic carbocycles. The van der Waals surface area contributed by atoms with Gasteiger partial charge in [0.1, 0.15) is 5.76 Å². The molecule has 0 spiro atoms. The molecule has 0 bridgehead atoms. The van der Waals surface area contributed by atoms with E-state index in [0.717, 1.165) is 18.4 Å². The second-order valence-electron chi connectivity index (χ2n) is 6.41. The zero-order valence-electron chi connectivity index (χ0n) is 16.4. The lowest BCUT2D eigenvalue weighted by Gasteiger charge is -2.29. The van der Waals surface area contributed by atoms with Gasteiger partial charge >= 0.3 is 5.97 Å². The summed E-state index contributed by atoms with van der Waals surface area (Å²) in [5.74, 6) is 0.237. The van der Waals surface area contributed by atoms with Crippen LogP contribution in [0, 0.1) is 5.41 Å². The van der Waals surface area contributed by atoms with Crippen LogP contribution in [0.1, 0.15) is 46.5 Å². The summed E-state index contributed by atoms with van der Waals surface area (Å²) in [6.07, 6.45) is 7.97. The lowest BCUT2D eigenvalue weighted by atomic mass is 9.82. The fraction of sp³-hybridized carbons (Fsp3) is 0.571. The van der Waals surface area contributed by atoms with Crippen molar-refractivity contribution >= 4 is 5.97 Å². The number of hydrogen-bond donors (Lipinski definition) is 2. The summed E-state index contributed by atoms with van der Waals surface area (Å²) in [4.78, 5) is 11.5. The molecule has 0 saturated heterocycles. The van der Waals surface area contributed by atoms with E-state index in [-0.39, 0.29) is 19.8 Å². The number of esters is 1. The van der Waals surface area contributed by atoms with Gasteiger partial charge in [-0.3, -0.25) is 0 Å². The average molecular weight is 366 g/mol. The van der Waals surface area contributed by atoms with Gasteiger partial charge in [0.25, 0.3) is 0 Å². The van der Waals surface area contributed by atoms with Gasteiger partial charge in [0.2, 0.25) is 0 Å². The molecule has 148 valence electrons. The van der Waals surface area contributed by atoms with E-state index in [1.54, 1.807) is 19.1 Å². The Kier molecular flexibility index (Phi) is 12.4. The molecule has 5 nitrogen and oxygen atoms in total. The zero-order chi connectivity index (χ0) is 20.0. The molecule has 0 rings (SSSR count). The first-order chi connectivity index (χ1) is 12.4. The molecule has 26 heavy (non-hydrogen) atoms. The van der Waals surface area contributed by atoms with Crippen LogP contribution in [0.5, 0.6) is 0 Å². The molecular weight excluding hydrogens is 332 g/mol. The van der Waals surface area contributed by atoms with E-state index >= 15 is 0 Å². The molecule has 0 heterocycles. The van der Waals surface area contributed by atoms with E-state index in [2.05, 4.69) is 13.2 Å². The molecule has 0 aromatic heterocycles. The van der Waals surface area contributed by atoms with Gasteiger partial charge in [-0.05, 0) is 38.3 Å². The van der Waals surface area contributed by atoms with Gasteiger partial charge in [-0.15, -0.1) is 0 Å². The van der Waals surface area contributed by atoms with Gasteiger partial charge in [-0.2, -0.15) is 0 Å². The molecule has 0 aliphatic heterocycles. The molecule has 0 radical (unpaired) electrons. The monoisotopic (exact) mass is 366 g/mol. The summed E-state index contributed by atoms with van der Waals surface area (Å²) in [5, 5.41) is 19.3. The topological polar surface area (TPSA) is 76.0 Å². The lowest BCUT2D eigenvalue weighted by molar-refractivity contribution is -0.138. The Hall–Kier alpha value is -1.85. The van der Waals surface area contributed by atoms with Crippen molar-refractivity contribution in [1.29, 1.82) is 0 Å². The van der Waals surface area contributed by atoms with Crippen molar-refractivity contribution in [3.05, 3.63) is 48.3 Å². The molecular formula is C21H34O5. The van der Waals surface area contributed by atoms with Crippen LogP contribution in [0.3, 0.4) is 0 Å². The molecule has 0 aromatic rings. The van der Waals surface area contributed by atoms with Crippen molar-refractivity contribution in [2.24, 2.45) is 5.41 Å². The lowest BCUT2D eigenvalue weighted by Crippen LogP contribution is -2.31. The van der Waals surface area contributed by atoms with Crippen LogP contribution in [0.15, 0.2) is 48.3 Å². The van der Waals surface area contributed by atoms with Crippen molar-refractivity contribution < 1.29 is 24.5 Å². The fourth-order valence-electron chi connectivity index (χ4n) is 2.54. The molecule has 0 amide bonds. The normalized spacial score (nSPS) is 12.7. The molecule has 5 heteroatoms. The van der Waals surface area contributed by atoms with Crippen LogP contribution in [-0.2, 0) is 14.3 Å². The number of hydrogen-bond acceptors (Lipinski definition) is 5. The number of carbonyl (C=O) groups is 1. The van der Waals surface area contributed by atoms with Crippen LogP contribution in [0.25, 0.3) is 0 Å². The number of aliphatic hydroxyl groups is 2. The van der Waals surface area contributed by atoms with Crippen LogP contribution in [0.4, 0.5) is 0 Å². The van der Waals surface area contributed by atoms with Crippen LogP contribution < -0.4 is 0 Å². The Labute approximate surface area is 157 Å². The van der Waals surface area contributed by atoms with Gasteiger partial charge < -0.3 is 19.7 Å². The summed E-state index contributed by atoms with van der Waals surface area (Å²) in [7, 11) is 0. The minimum absolute atomic E-state index is 0.0749. The third-order valence-corrected chi connectivity index (χ3v) is 4.23. The smallest absolute Gasteiger partial charge is 0.333 e. The molecule has 0 atom stereocenters. The highest BCUT2D eigenvalue weighted by Crippen LogP contribution is 2.28. The quantitative estimate of drug-likeness (QED) is 0.212. The van der Waals surface area contributed by atoms with E-state index in [1.165, 1.54) is 0 Å². The average Bonchev–Trinajstić information content (AvgIpc) is 2.63. The first kappa shape index (κ1) is 24.1. The largest absolute Gasteiger partial charge is 0.493 e. The predicted molar refractivity (Wildman–Crippen MR) is 105 cm³/mol. The number of rotatable bonds is 14. The number of carbonyl (C=O) groups excluding carboxylic acids is 1. The third-order valence-electron chi connectivity index (χ3n) is 4.23. The SMILES string of the molecule is C=C/C=C(OCCC(CO)(CO)CCC)\C(=C/C)CCOC(=O)C(=C)C. The maximum atomic E-state index is 11.5. The van der Waals surface area contributed by atoms with Gasteiger partial charge in [0, 0.05) is 17.4 Å². The van der Waals surface area contributed by atoms with Gasteiger partial charge in [0.15, 0.2) is 0 Å². The maximum Gasteiger partial charge on any atom is 0.333 e. The van der Waals surface area contributed by atoms with Crippen LogP contribution >= 0.6 is 0 Å². The Bertz CT molecular complexity index is 512. The highest BCUT2D eigenvalue weighted by molar-refractivity contribution is 5.86. The second kappa shape index (κ2) is 13.4. The van der Waals surface area contributed by atoms with Crippen molar-refractivity contribution in [3.63, 3.8) is 0 Å². The Balaban J connectivity index is 4.79. The van der Waals surface area contributed by atoms with E-state index in [1.807, 2.05) is 19.9 Å². The molecule has 0 unspecified atom stereocenters. The molecule has 0 aliphatic rings. The van der Waals surface area contributed by atoms with Crippen molar-refractivity contribution in [3.8, 4) is 0 Å². The van der Waals surface area contributed by atoms with Crippen molar-refractivity contribution in [1.82, 2.24) is 0 Å². The molecule has 0 aromatic carbocycles. The summed E-state index contributed by atoms with van der Waals surface area (Å²) in [6, 6.07) is 0. The van der Waals surface area contributed by atoms with Gasteiger partial charge in [0.05, 0.1) is 26.4 Å². The minimum atomic E-state index is -0.527. The Morgan fingerprint density at radius 3 is 2.27 bits per heavy atom. The first-order valence-corrected chi connectivity index (χ1v) is 9.05. The van der Waals surface area contributed by atoms with E-state index < -0.39 is 11.4 Å². The number of ether oxygens (including phenoxy) is 2. The van der Waals surface area contributed by atoms with Crippen LogP contribution in [0.2, 0.25) is 0 Å². The van der Waals surface area contributed by atoms with Crippen molar-refractivity contribution in [2.75, 3.05) is 26.4 Å². The maximum absolute atomic E-state index is 11.5. The highest BCUT2D eigenvalue weighted by Gasteiger charge is 2.27. The Morgan fingerprint density at radius 1 is 1.15 bits per heavy atom. The van der Waals surface area contributed by atoms with E-state index in [0.29, 0.717) is 30.8 Å². The molecule has 0 saturated carbocycles.